The number of halogens is 2. The molecule has 4 heterocycles. The minimum Gasteiger partial charge on any atom is -0.419 e. The Morgan fingerprint density at radius 1 is 1.00 bits per heavy atom. The molecule has 3 aromatic heterocycles. The first-order chi connectivity index (χ1) is 16.8. The quantitative estimate of drug-likeness (QED) is 0.394. The summed E-state index contributed by atoms with van der Waals surface area (Å²) in [7, 11) is 3.06. The van der Waals surface area contributed by atoms with Crippen LogP contribution in [0.25, 0.3) is 22.6 Å². The van der Waals surface area contributed by atoms with Gasteiger partial charge in [-0.25, -0.2) is 4.79 Å². The lowest BCUT2D eigenvalue weighted by molar-refractivity contribution is 0.269. The highest BCUT2D eigenvalue weighted by molar-refractivity contribution is 6.42. The molecule has 1 aromatic carbocycles. The van der Waals surface area contributed by atoms with Crippen LogP contribution in [0, 0.1) is 0 Å². The number of aryl methyl sites for hydroxylation is 1. The van der Waals surface area contributed by atoms with Gasteiger partial charge in [0.15, 0.2) is 11.2 Å². The molecule has 0 N–H and O–H groups in total. The number of aromatic nitrogens is 6. The Labute approximate surface area is 210 Å². The molecule has 1 fully saturated rings. The average molecular weight is 519 g/mol. The van der Waals surface area contributed by atoms with E-state index in [1.807, 2.05) is 0 Å². The van der Waals surface area contributed by atoms with Gasteiger partial charge in [0, 0.05) is 45.8 Å². The summed E-state index contributed by atoms with van der Waals surface area (Å²) in [6.45, 7) is 6.44. The van der Waals surface area contributed by atoms with Crippen LogP contribution in [0.3, 0.4) is 0 Å². The third-order valence-corrected chi connectivity index (χ3v) is 7.10. The molecule has 0 amide bonds. The molecule has 35 heavy (non-hydrogen) atoms. The Balaban J connectivity index is 1.59. The number of hydrogen-bond donors (Lipinski definition) is 0. The van der Waals surface area contributed by atoms with Gasteiger partial charge in [-0.15, -0.1) is 10.2 Å². The fourth-order valence-electron chi connectivity index (χ4n) is 4.29. The van der Waals surface area contributed by atoms with Crippen LogP contribution >= 0.6 is 23.2 Å². The van der Waals surface area contributed by atoms with Gasteiger partial charge in [0.05, 0.1) is 10.0 Å². The molecule has 0 bridgehead atoms. The van der Waals surface area contributed by atoms with Gasteiger partial charge in [0.2, 0.25) is 17.7 Å². The minimum atomic E-state index is -0.436. The second kappa shape index (κ2) is 9.14. The number of imidazole rings is 1. The molecule has 11 nitrogen and oxygen atoms in total. The maximum atomic E-state index is 13.2. The maximum Gasteiger partial charge on any atom is 0.332 e. The lowest BCUT2D eigenvalue weighted by atomic mass is 10.2. The van der Waals surface area contributed by atoms with Gasteiger partial charge >= 0.3 is 5.69 Å². The molecule has 1 saturated heterocycles. The van der Waals surface area contributed by atoms with E-state index >= 15 is 0 Å². The van der Waals surface area contributed by atoms with Gasteiger partial charge in [-0.1, -0.05) is 30.1 Å². The van der Waals surface area contributed by atoms with E-state index in [1.165, 1.54) is 11.6 Å². The Hall–Kier alpha value is -3.15. The van der Waals surface area contributed by atoms with Gasteiger partial charge in [-0.2, -0.15) is 4.98 Å². The van der Waals surface area contributed by atoms with Crippen LogP contribution in [0.2, 0.25) is 10.0 Å². The number of likely N-dealkylation sites (N-methyl/N-ethyl adjacent to an activating group) is 1. The fraction of sp³-hybridized carbons (Fsp3) is 0.409. The largest absolute Gasteiger partial charge is 0.419 e. The third-order valence-electron chi connectivity index (χ3n) is 6.36. The first-order valence-corrected chi connectivity index (χ1v) is 12.0. The zero-order chi connectivity index (χ0) is 24.9. The Bertz CT molecular complexity index is 1530. The lowest BCUT2D eigenvalue weighted by Crippen LogP contribution is -2.47. The van der Waals surface area contributed by atoms with Crippen molar-refractivity contribution in [3.05, 3.63) is 55.0 Å². The van der Waals surface area contributed by atoms with Crippen LogP contribution in [0.1, 0.15) is 12.8 Å². The molecule has 0 saturated carbocycles. The van der Waals surface area contributed by atoms with Crippen LogP contribution in [-0.2, 0) is 20.6 Å². The molecule has 0 aliphatic carbocycles. The molecule has 0 unspecified atom stereocenters. The van der Waals surface area contributed by atoms with E-state index in [2.05, 4.69) is 26.9 Å². The summed E-state index contributed by atoms with van der Waals surface area (Å²) < 4.78 is 10.1. The summed E-state index contributed by atoms with van der Waals surface area (Å²) >= 11 is 12.1. The second-order valence-electron chi connectivity index (χ2n) is 8.43. The Morgan fingerprint density at radius 3 is 2.43 bits per heavy atom. The number of hydrogen-bond acceptors (Lipinski definition) is 8. The smallest absolute Gasteiger partial charge is 0.332 e. The fourth-order valence-corrected chi connectivity index (χ4v) is 4.59. The summed E-state index contributed by atoms with van der Waals surface area (Å²) in [4.78, 5) is 34.9. The molecule has 0 radical (unpaired) electrons. The van der Waals surface area contributed by atoms with E-state index in [0.29, 0.717) is 32.7 Å². The van der Waals surface area contributed by atoms with E-state index in [-0.39, 0.29) is 18.3 Å². The van der Waals surface area contributed by atoms with Crippen LogP contribution in [0.4, 0.5) is 5.95 Å². The van der Waals surface area contributed by atoms with Crippen molar-refractivity contribution in [1.82, 2.24) is 33.8 Å². The van der Waals surface area contributed by atoms with Crippen LogP contribution in [0.5, 0.6) is 0 Å². The van der Waals surface area contributed by atoms with Gasteiger partial charge in [0.25, 0.3) is 5.56 Å². The zero-order valence-corrected chi connectivity index (χ0v) is 21.0. The molecular weight excluding hydrogens is 495 g/mol. The second-order valence-corrected chi connectivity index (χ2v) is 9.24. The molecule has 1 aliphatic heterocycles. The predicted octanol–water partition coefficient (Wildman–Crippen LogP) is 1.98. The Morgan fingerprint density at radius 2 is 1.74 bits per heavy atom. The number of benzene rings is 1. The summed E-state index contributed by atoms with van der Waals surface area (Å²) in [5, 5.41) is 9.13. The van der Waals surface area contributed by atoms with Crippen molar-refractivity contribution in [2.75, 3.05) is 37.6 Å². The summed E-state index contributed by atoms with van der Waals surface area (Å²) in [6, 6.07) is 5.05. The molecule has 13 heteroatoms. The third kappa shape index (κ3) is 4.13. The van der Waals surface area contributed by atoms with Crippen molar-refractivity contribution in [1.29, 1.82) is 0 Å². The SMILES string of the molecule is CCN1CCN(c2nc3c(c(=O)n(C)c(=O)n3C)n2Cc2nnc(-c3ccc(Cl)c(Cl)c3)o2)CC1. The number of nitrogens with zero attached hydrogens (tertiary/aromatic N) is 8. The standard InChI is InChI=1S/C22H24Cl2N8O3/c1-4-30-7-9-31(10-8-30)21-25-18-17(20(33)29(3)22(34)28(18)2)32(21)12-16-26-27-19(35-16)13-5-6-14(23)15(24)11-13/h5-6,11H,4,7-10,12H2,1-3H3. The van der Waals surface area contributed by atoms with Crippen LogP contribution < -0.4 is 16.1 Å². The molecular formula is C22H24Cl2N8O3. The van der Waals surface area contributed by atoms with Crippen LogP contribution in [-0.4, -0.2) is 66.5 Å². The lowest BCUT2D eigenvalue weighted by Gasteiger charge is -2.34. The monoisotopic (exact) mass is 518 g/mol. The predicted molar refractivity (Wildman–Crippen MR) is 133 cm³/mol. The summed E-state index contributed by atoms with van der Waals surface area (Å²) in [5.74, 6) is 1.15. The summed E-state index contributed by atoms with van der Waals surface area (Å²) in [6.07, 6.45) is 0. The van der Waals surface area contributed by atoms with Gasteiger partial charge in [-0.05, 0) is 24.7 Å². The number of rotatable bonds is 5. The van der Waals surface area contributed by atoms with E-state index in [9.17, 15) is 9.59 Å². The first kappa shape index (κ1) is 23.6. The number of fused-ring (bicyclic) bond motifs is 1. The van der Waals surface area contributed by atoms with Crippen molar-refractivity contribution in [2.45, 2.75) is 13.5 Å². The normalized spacial score (nSPS) is 14.8. The number of anilines is 1. The van der Waals surface area contributed by atoms with Crippen molar-refractivity contribution in [2.24, 2.45) is 14.1 Å². The first-order valence-electron chi connectivity index (χ1n) is 11.2. The molecule has 5 rings (SSSR count). The highest BCUT2D eigenvalue weighted by Gasteiger charge is 2.26. The van der Waals surface area contributed by atoms with E-state index in [0.717, 1.165) is 37.3 Å². The van der Waals surface area contributed by atoms with Crippen molar-refractivity contribution in [3.8, 4) is 11.5 Å². The van der Waals surface area contributed by atoms with Crippen LogP contribution in [0.15, 0.2) is 32.2 Å². The van der Waals surface area contributed by atoms with Gasteiger partial charge < -0.3 is 14.2 Å². The topological polar surface area (TPSA) is 107 Å². The molecule has 184 valence electrons. The van der Waals surface area contributed by atoms with E-state index in [4.69, 9.17) is 32.6 Å². The van der Waals surface area contributed by atoms with E-state index < -0.39 is 11.2 Å². The maximum absolute atomic E-state index is 13.2. The van der Waals surface area contributed by atoms with Gasteiger partial charge in [-0.3, -0.25) is 18.5 Å². The molecule has 1 aliphatic rings. The molecule has 0 spiro atoms. The Kier molecular flexibility index (Phi) is 6.16. The van der Waals surface area contributed by atoms with Crippen molar-refractivity contribution < 1.29 is 4.42 Å². The summed E-state index contributed by atoms with van der Waals surface area (Å²) in [5.41, 5.74) is 0.377. The average Bonchev–Trinajstić information content (AvgIpc) is 3.49. The van der Waals surface area contributed by atoms with Crippen molar-refractivity contribution in [3.63, 3.8) is 0 Å². The molecule has 0 atom stereocenters. The van der Waals surface area contributed by atoms with Gasteiger partial charge in [0.1, 0.15) is 6.54 Å². The van der Waals surface area contributed by atoms with E-state index in [1.54, 1.807) is 29.8 Å². The zero-order valence-electron chi connectivity index (χ0n) is 19.5. The number of piperazine rings is 1. The van der Waals surface area contributed by atoms with Crippen molar-refractivity contribution >= 4 is 40.3 Å². The highest BCUT2D eigenvalue weighted by atomic mass is 35.5. The molecule has 4 aromatic rings. The highest BCUT2D eigenvalue weighted by Crippen LogP contribution is 2.28. The minimum absolute atomic E-state index is 0.113.